The molecule has 0 N–H and O–H groups in total. The molecule has 3 rings (SSSR count). The molecule has 0 aliphatic rings. The maximum Gasteiger partial charge on any atom is 0.331 e. The number of rotatable bonds is 3. The summed E-state index contributed by atoms with van der Waals surface area (Å²) >= 11 is 1.04. The Kier molecular flexibility index (Phi) is 4.10. The van der Waals surface area contributed by atoms with Crippen molar-refractivity contribution < 1.29 is 4.42 Å². The Hall–Kier alpha value is -3.06. The highest BCUT2D eigenvalue weighted by atomic mass is 32.2. The number of aromatic nitrogens is 5. The van der Waals surface area contributed by atoms with Gasteiger partial charge in [0.1, 0.15) is 22.4 Å². The summed E-state index contributed by atoms with van der Waals surface area (Å²) in [6.07, 6.45) is 1.56. The van der Waals surface area contributed by atoms with E-state index in [9.17, 15) is 14.9 Å². The van der Waals surface area contributed by atoms with Crippen molar-refractivity contribution in [3.8, 4) is 17.5 Å². The third-order valence-electron chi connectivity index (χ3n) is 3.85. The maximum atomic E-state index is 12.2. The minimum absolute atomic E-state index is 0.112. The molecule has 0 fully saturated rings. The lowest BCUT2D eigenvalue weighted by Gasteiger charge is -2.10. The zero-order chi connectivity index (χ0) is 18.3. The van der Waals surface area contributed by atoms with Crippen LogP contribution in [0.2, 0.25) is 0 Å². The third-order valence-corrected chi connectivity index (χ3v) is 5.05. The van der Waals surface area contributed by atoms with Crippen LogP contribution < -0.4 is 11.2 Å². The highest BCUT2D eigenvalue weighted by Crippen LogP contribution is 2.30. The Bertz CT molecular complexity index is 1130. The first-order valence-corrected chi connectivity index (χ1v) is 8.00. The summed E-state index contributed by atoms with van der Waals surface area (Å²) in [5.74, 6) is 1.28. The van der Waals surface area contributed by atoms with Gasteiger partial charge in [-0.25, -0.2) is 4.79 Å². The van der Waals surface area contributed by atoms with Crippen LogP contribution in [0, 0.1) is 18.3 Å². The monoisotopic (exact) mass is 358 g/mol. The summed E-state index contributed by atoms with van der Waals surface area (Å²) in [4.78, 5) is 24.3. The summed E-state index contributed by atoms with van der Waals surface area (Å²) < 4.78 is 9.15. The molecule has 0 aliphatic heterocycles. The Labute approximate surface area is 146 Å². The molecule has 3 aromatic rings. The van der Waals surface area contributed by atoms with Crippen molar-refractivity contribution >= 4 is 11.8 Å². The maximum absolute atomic E-state index is 12.2. The zero-order valence-electron chi connectivity index (χ0n) is 14.0. The topological polar surface area (TPSA) is 112 Å². The quantitative estimate of drug-likeness (QED) is 0.637. The molecule has 0 unspecified atom stereocenters. The van der Waals surface area contributed by atoms with Gasteiger partial charge >= 0.3 is 5.69 Å². The van der Waals surface area contributed by atoms with E-state index in [0.29, 0.717) is 16.7 Å². The van der Waals surface area contributed by atoms with Crippen LogP contribution in [0.3, 0.4) is 0 Å². The minimum atomic E-state index is -0.638. The fourth-order valence-electron chi connectivity index (χ4n) is 2.38. The van der Waals surface area contributed by atoms with Crippen LogP contribution in [0.4, 0.5) is 0 Å². The van der Waals surface area contributed by atoms with Gasteiger partial charge in [-0.05, 0) is 24.8 Å². The van der Waals surface area contributed by atoms with E-state index in [2.05, 4.69) is 10.2 Å². The van der Waals surface area contributed by atoms with E-state index < -0.39 is 11.2 Å². The first-order chi connectivity index (χ1) is 11.9. The van der Waals surface area contributed by atoms with Gasteiger partial charge in [0.2, 0.25) is 0 Å². The molecule has 0 aliphatic carbocycles. The summed E-state index contributed by atoms with van der Waals surface area (Å²) in [7, 11) is 4.60. The number of aryl methyl sites for hydroxylation is 1. The summed E-state index contributed by atoms with van der Waals surface area (Å²) in [5, 5.41) is 18.2. The number of furan rings is 1. The molecule has 0 saturated heterocycles. The molecule has 0 spiro atoms. The predicted octanol–water partition coefficient (Wildman–Crippen LogP) is 0.804. The molecule has 0 amide bonds. The Morgan fingerprint density at radius 3 is 2.48 bits per heavy atom. The lowest BCUT2D eigenvalue weighted by molar-refractivity contribution is 0.534. The van der Waals surface area contributed by atoms with Crippen molar-refractivity contribution in [1.82, 2.24) is 23.9 Å². The Morgan fingerprint density at radius 1 is 1.16 bits per heavy atom. The zero-order valence-corrected chi connectivity index (χ0v) is 14.8. The van der Waals surface area contributed by atoms with Gasteiger partial charge in [0.15, 0.2) is 11.0 Å². The molecular weight excluding hydrogens is 344 g/mol. The lowest BCUT2D eigenvalue weighted by atomic mass is 10.2. The van der Waals surface area contributed by atoms with Crippen LogP contribution >= 0.6 is 11.8 Å². The smallest absolute Gasteiger partial charge is 0.331 e. The molecule has 0 saturated carbocycles. The van der Waals surface area contributed by atoms with Gasteiger partial charge in [-0.15, -0.1) is 10.2 Å². The van der Waals surface area contributed by atoms with E-state index in [-0.39, 0.29) is 10.6 Å². The molecule has 0 aromatic carbocycles. The van der Waals surface area contributed by atoms with Crippen molar-refractivity contribution in [3.05, 3.63) is 44.5 Å². The van der Waals surface area contributed by atoms with Crippen LogP contribution in [-0.4, -0.2) is 23.9 Å². The number of hydrogen-bond acceptors (Lipinski definition) is 7. The number of nitrogens with zero attached hydrogens (tertiary/aromatic N) is 6. The van der Waals surface area contributed by atoms with E-state index >= 15 is 0 Å². The van der Waals surface area contributed by atoms with Crippen molar-refractivity contribution in [2.75, 3.05) is 0 Å². The van der Waals surface area contributed by atoms with Crippen LogP contribution in [0.25, 0.3) is 11.4 Å². The minimum Gasteiger partial charge on any atom is -0.469 e. The first kappa shape index (κ1) is 16.8. The normalized spacial score (nSPS) is 10.8. The van der Waals surface area contributed by atoms with Gasteiger partial charge in [0, 0.05) is 21.1 Å². The van der Waals surface area contributed by atoms with Gasteiger partial charge < -0.3 is 8.98 Å². The van der Waals surface area contributed by atoms with E-state index in [0.717, 1.165) is 21.9 Å². The average Bonchev–Trinajstić information content (AvgIpc) is 3.17. The van der Waals surface area contributed by atoms with E-state index in [1.165, 1.54) is 18.7 Å². The lowest BCUT2D eigenvalue weighted by Crippen LogP contribution is -2.39. The van der Waals surface area contributed by atoms with E-state index in [4.69, 9.17) is 4.42 Å². The molecule has 3 heterocycles. The van der Waals surface area contributed by atoms with Gasteiger partial charge in [-0.2, -0.15) is 5.26 Å². The van der Waals surface area contributed by atoms with Crippen molar-refractivity contribution in [3.63, 3.8) is 0 Å². The highest BCUT2D eigenvalue weighted by molar-refractivity contribution is 7.99. The Morgan fingerprint density at radius 2 is 1.88 bits per heavy atom. The van der Waals surface area contributed by atoms with Gasteiger partial charge in [-0.1, -0.05) is 0 Å². The first-order valence-electron chi connectivity index (χ1n) is 7.18. The number of nitriles is 1. The number of hydrogen-bond donors (Lipinski definition) is 0. The van der Waals surface area contributed by atoms with Crippen LogP contribution in [0.15, 0.2) is 36.5 Å². The second kappa shape index (κ2) is 6.10. The van der Waals surface area contributed by atoms with Crippen LogP contribution in [-0.2, 0) is 21.1 Å². The molecular formula is C15H14N6O3S. The fraction of sp³-hybridized carbons (Fsp3) is 0.267. The average molecular weight is 358 g/mol. The molecule has 9 nitrogen and oxygen atoms in total. The molecule has 3 aromatic heterocycles. The second-order valence-corrected chi connectivity index (χ2v) is 6.31. The molecule has 0 atom stereocenters. The van der Waals surface area contributed by atoms with Crippen LogP contribution in [0.1, 0.15) is 11.3 Å². The molecule has 0 bridgehead atoms. The Balaban J connectivity index is 2.13. The third kappa shape index (κ3) is 2.58. The standard InChI is InChI=1S/C15H14N6O3S/c1-8-9(5-6-24-8)11-17-18-14(19(11)2)25-13-10(7-16)12(22)20(3)15(23)21(13)4/h5-6H,1-4H3. The van der Waals surface area contributed by atoms with Gasteiger partial charge in [-0.3, -0.25) is 13.9 Å². The summed E-state index contributed by atoms with van der Waals surface area (Å²) in [6.45, 7) is 1.81. The largest absolute Gasteiger partial charge is 0.469 e. The fourth-order valence-corrected chi connectivity index (χ4v) is 3.31. The van der Waals surface area contributed by atoms with Gasteiger partial charge in [0.25, 0.3) is 5.56 Å². The summed E-state index contributed by atoms with van der Waals surface area (Å²) in [5.41, 5.74) is -0.473. The predicted molar refractivity (Wildman–Crippen MR) is 89.2 cm³/mol. The second-order valence-electron chi connectivity index (χ2n) is 5.36. The highest BCUT2D eigenvalue weighted by Gasteiger charge is 2.21. The van der Waals surface area contributed by atoms with Crippen LogP contribution in [0.5, 0.6) is 0 Å². The molecule has 128 valence electrons. The molecule has 25 heavy (non-hydrogen) atoms. The SMILES string of the molecule is Cc1occc1-c1nnc(Sc2c(C#N)c(=O)n(C)c(=O)n2C)n1C. The molecule has 10 heteroatoms. The molecule has 0 radical (unpaired) electrons. The van der Waals surface area contributed by atoms with E-state index in [1.807, 2.05) is 13.0 Å². The van der Waals surface area contributed by atoms with Crippen molar-refractivity contribution in [2.45, 2.75) is 17.1 Å². The summed E-state index contributed by atoms with van der Waals surface area (Å²) in [6, 6.07) is 3.65. The van der Waals surface area contributed by atoms with Gasteiger partial charge in [0.05, 0.1) is 11.8 Å². The van der Waals surface area contributed by atoms with Crippen molar-refractivity contribution in [2.24, 2.45) is 21.1 Å². The van der Waals surface area contributed by atoms with Crippen molar-refractivity contribution in [1.29, 1.82) is 5.26 Å². The van der Waals surface area contributed by atoms with E-state index in [1.54, 1.807) is 23.9 Å².